The Morgan fingerprint density at radius 3 is 2.47 bits per heavy atom. The van der Waals surface area contributed by atoms with Crippen LogP contribution < -0.4 is 4.57 Å². The van der Waals surface area contributed by atoms with Crippen LogP contribution in [0.5, 0.6) is 0 Å². The zero-order valence-corrected chi connectivity index (χ0v) is 10.8. The van der Waals surface area contributed by atoms with Gasteiger partial charge in [0, 0.05) is 17.5 Å². The molecule has 0 bridgehead atoms. The predicted octanol–water partition coefficient (Wildman–Crippen LogP) is 2.82. The Labute approximate surface area is 110 Å². The molecule has 0 aliphatic heterocycles. The molecule has 0 radical (unpaired) electrons. The van der Waals surface area contributed by atoms with Crippen LogP contribution in [-0.4, -0.2) is 11.1 Å². The van der Waals surface area contributed by atoms with Gasteiger partial charge in [0.05, 0.1) is 10.9 Å². The number of hydrogen-bond donors (Lipinski definition) is 1. The van der Waals surface area contributed by atoms with E-state index in [0.29, 0.717) is 5.56 Å². The van der Waals surface area contributed by atoms with Crippen LogP contribution >= 0.6 is 0 Å². The molecule has 0 fully saturated rings. The summed E-state index contributed by atoms with van der Waals surface area (Å²) >= 11 is 0. The van der Waals surface area contributed by atoms with E-state index >= 15 is 0 Å². The van der Waals surface area contributed by atoms with Crippen molar-refractivity contribution >= 4 is 27.8 Å². The Bertz CT molecular complexity index is 822. The van der Waals surface area contributed by atoms with E-state index in [1.165, 1.54) is 0 Å². The minimum atomic E-state index is -0.885. The molecule has 3 rings (SSSR count). The lowest BCUT2D eigenvalue weighted by Gasteiger charge is -2.08. The average molecular weight is 252 g/mol. The van der Waals surface area contributed by atoms with Gasteiger partial charge in [0.2, 0.25) is 11.0 Å². The van der Waals surface area contributed by atoms with Gasteiger partial charge < -0.3 is 5.11 Å². The number of carboxylic acid groups (broad SMARTS) is 1. The fraction of sp³-hybridized carbons (Fsp3) is 0.125. The molecule has 3 aromatic rings. The van der Waals surface area contributed by atoms with E-state index < -0.39 is 5.97 Å². The van der Waals surface area contributed by atoms with Crippen LogP contribution in [0.4, 0.5) is 0 Å². The first-order valence-electron chi connectivity index (χ1n) is 6.14. The second-order valence-electron chi connectivity index (χ2n) is 4.71. The zero-order valence-electron chi connectivity index (χ0n) is 10.8. The lowest BCUT2D eigenvalue weighted by atomic mass is 9.99. The second kappa shape index (κ2) is 4.05. The summed E-state index contributed by atoms with van der Waals surface area (Å²) in [4.78, 5) is 11.4. The maximum atomic E-state index is 11.4. The lowest BCUT2D eigenvalue weighted by Crippen LogP contribution is -2.31. The van der Waals surface area contributed by atoms with E-state index in [9.17, 15) is 9.90 Å². The zero-order chi connectivity index (χ0) is 13.6. The molecule has 3 heteroatoms. The van der Waals surface area contributed by atoms with Gasteiger partial charge >= 0.3 is 5.97 Å². The van der Waals surface area contributed by atoms with Crippen LogP contribution in [0.1, 0.15) is 15.9 Å². The fourth-order valence-electron chi connectivity index (χ4n) is 2.74. The summed E-state index contributed by atoms with van der Waals surface area (Å²) in [6.45, 7) is 1.98. The normalized spacial score (nSPS) is 11.1. The number of nitrogens with zero attached hydrogens (tertiary/aromatic N) is 1. The van der Waals surface area contributed by atoms with Crippen LogP contribution in [0, 0.1) is 6.92 Å². The molecule has 3 nitrogen and oxygen atoms in total. The number of rotatable bonds is 1. The highest BCUT2D eigenvalue weighted by molar-refractivity contribution is 6.06. The Hall–Kier alpha value is -2.42. The number of para-hydroxylation sites is 1. The smallest absolute Gasteiger partial charge is 0.336 e. The molecule has 0 aliphatic carbocycles. The summed E-state index contributed by atoms with van der Waals surface area (Å²) in [5, 5.41) is 11.3. The number of aromatic carboxylic acids is 1. The summed E-state index contributed by atoms with van der Waals surface area (Å²) in [7, 11) is 1.97. The van der Waals surface area contributed by atoms with Gasteiger partial charge in [0.25, 0.3) is 0 Å². The van der Waals surface area contributed by atoms with E-state index in [-0.39, 0.29) is 0 Å². The third kappa shape index (κ3) is 1.58. The molecule has 0 saturated heterocycles. The number of carbonyl (C=O) groups is 1. The van der Waals surface area contributed by atoms with Gasteiger partial charge in [-0.05, 0) is 24.6 Å². The van der Waals surface area contributed by atoms with Crippen molar-refractivity contribution in [2.75, 3.05) is 0 Å². The monoisotopic (exact) mass is 252 g/mol. The van der Waals surface area contributed by atoms with Gasteiger partial charge in [-0.3, -0.25) is 0 Å². The maximum Gasteiger partial charge on any atom is 0.336 e. The first-order valence-corrected chi connectivity index (χ1v) is 6.14. The van der Waals surface area contributed by atoms with E-state index in [2.05, 4.69) is 6.07 Å². The Morgan fingerprint density at radius 2 is 1.74 bits per heavy atom. The number of aromatic nitrogens is 1. The molecule has 1 aromatic heterocycles. The predicted molar refractivity (Wildman–Crippen MR) is 74.3 cm³/mol. The average Bonchev–Trinajstić information content (AvgIpc) is 2.44. The number of benzene rings is 2. The molecule has 1 N–H and O–H groups in total. The third-order valence-corrected chi connectivity index (χ3v) is 3.68. The summed E-state index contributed by atoms with van der Waals surface area (Å²) in [5.41, 5.74) is 3.42. The minimum absolute atomic E-state index is 0.358. The minimum Gasteiger partial charge on any atom is -0.478 e. The topological polar surface area (TPSA) is 41.2 Å². The third-order valence-electron chi connectivity index (χ3n) is 3.68. The van der Waals surface area contributed by atoms with Crippen LogP contribution in [0.2, 0.25) is 0 Å². The molecule has 0 saturated carbocycles. The van der Waals surface area contributed by atoms with Crippen molar-refractivity contribution in [3.63, 3.8) is 0 Å². The van der Waals surface area contributed by atoms with Crippen LogP contribution in [0.25, 0.3) is 21.8 Å². The van der Waals surface area contributed by atoms with E-state index in [1.54, 1.807) is 12.1 Å². The first-order chi connectivity index (χ1) is 9.11. The number of carboxylic acids is 1. The Kier molecular flexibility index (Phi) is 2.49. The molecule has 0 aliphatic rings. The first kappa shape index (κ1) is 11.7. The van der Waals surface area contributed by atoms with Crippen molar-refractivity contribution in [1.82, 2.24) is 0 Å². The van der Waals surface area contributed by atoms with Gasteiger partial charge in [-0.15, -0.1) is 0 Å². The van der Waals surface area contributed by atoms with Gasteiger partial charge in [-0.1, -0.05) is 18.2 Å². The number of hydrogen-bond acceptors (Lipinski definition) is 1. The Balaban J connectivity index is 2.64. The fourth-order valence-corrected chi connectivity index (χ4v) is 2.74. The summed E-state index contributed by atoms with van der Waals surface area (Å²) in [6, 6.07) is 13.5. The molecule has 0 unspecified atom stereocenters. The molecule has 2 aromatic carbocycles. The maximum absolute atomic E-state index is 11.4. The summed E-state index contributed by atoms with van der Waals surface area (Å²) in [5.74, 6) is -0.885. The lowest BCUT2D eigenvalue weighted by molar-refractivity contribution is -0.617. The molecule has 0 atom stereocenters. The number of pyridine rings is 1. The van der Waals surface area contributed by atoms with Crippen LogP contribution in [-0.2, 0) is 7.05 Å². The Morgan fingerprint density at radius 1 is 1.05 bits per heavy atom. The van der Waals surface area contributed by atoms with Gasteiger partial charge in [-0.25, -0.2) is 4.79 Å². The molecule has 19 heavy (non-hydrogen) atoms. The highest BCUT2D eigenvalue weighted by Gasteiger charge is 2.19. The van der Waals surface area contributed by atoms with Gasteiger partial charge in [0.1, 0.15) is 7.05 Å². The van der Waals surface area contributed by atoms with Crippen molar-refractivity contribution in [3.8, 4) is 0 Å². The van der Waals surface area contributed by atoms with Crippen molar-refractivity contribution < 1.29 is 14.5 Å². The second-order valence-corrected chi connectivity index (χ2v) is 4.71. The standard InChI is InChI=1S/C16H13NO2/c1-10-11-6-3-4-8-13(11)17(2)14-9-5-7-12(15(10)14)16(18)19/h3-9H,1-2H3/p+1. The molecular formula is C16H14NO2+. The number of aryl methyl sites for hydroxylation is 2. The largest absolute Gasteiger partial charge is 0.478 e. The quantitative estimate of drug-likeness (QED) is 0.534. The van der Waals surface area contributed by atoms with Crippen molar-refractivity contribution in [2.45, 2.75) is 6.92 Å². The highest BCUT2D eigenvalue weighted by Crippen LogP contribution is 2.26. The van der Waals surface area contributed by atoms with Crippen molar-refractivity contribution in [3.05, 3.63) is 53.6 Å². The highest BCUT2D eigenvalue weighted by atomic mass is 16.4. The van der Waals surface area contributed by atoms with Gasteiger partial charge in [0.15, 0.2) is 0 Å². The van der Waals surface area contributed by atoms with Gasteiger partial charge in [-0.2, -0.15) is 4.57 Å². The van der Waals surface area contributed by atoms with Crippen molar-refractivity contribution in [2.24, 2.45) is 7.05 Å². The van der Waals surface area contributed by atoms with Crippen LogP contribution in [0.15, 0.2) is 42.5 Å². The molecule has 1 heterocycles. The molecular weight excluding hydrogens is 238 g/mol. The SMILES string of the molecule is Cc1c2ccccc2[n+](C)c2cccc(C(=O)O)c12. The summed E-state index contributed by atoms with van der Waals surface area (Å²) in [6.07, 6.45) is 0. The molecule has 0 amide bonds. The van der Waals surface area contributed by atoms with Crippen LogP contribution in [0.3, 0.4) is 0 Å². The van der Waals surface area contributed by atoms with E-state index in [1.807, 2.05) is 42.8 Å². The number of fused-ring (bicyclic) bond motifs is 2. The molecule has 0 spiro atoms. The molecule has 94 valence electrons. The van der Waals surface area contributed by atoms with E-state index in [4.69, 9.17) is 0 Å². The van der Waals surface area contributed by atoms with Crippen molar-refractivity contribution in [1.29, 1.82) is 0 Å². The summed E-state index contributed by atoms with van der Waals surface area (Å²) < 4.78 is 2.05. The van der Waals surface area contributed by atoms with E-state index in [0.717, 1.165) is 27.4 Å².